The molecule has 100 valence electrons. The van der Waals surface area contributed by atoms with E-state index in [1.807, 2.05) is 44.2 Å². The third kappa shape index (κ3) is 3.82. The number of aliphatic hydroxyl groups excluding tert-OH is 1. The quantitative estimate of drug-likeness (QED) is 0.805. The van der Waals surface area contributed by atoms with Gasteiger partial charge in [-0.15, -0.1) is 0 Å². The summed E-state index contributed by atoms with van der Waals surface area (Å²) in [7, 11) is 1.50. The second kappa shape index (κ2) is 7.13. The highest BCUT2D eigenvalue weighted by atomic mass is 16.5. The number of carbonyl (C=O) groups excluding carboxylic acids is 1. The lowest BCUT2D eigenvalue weighted by atomic mass is 10.0. The number of benzene rings is 1. The second-order valence-electron chi connectivity index (χ2n) is 4.57. The minimum atomic E-state index is -0.640. The van der Waals surface area contributed by atoms with Crippen molar-refractivity contribution in [2.24, 2.45) is 5.92 Å². The van der Waals surface area contributed by atoms with Crippen LogP contribution in [0.4, 0.5) is 0 Å². The molecule has 0 aliphatic carbocycles. The van der Waals surface area contributed by atoms with Crippen molar-refractivity contribution in [2.75, 3.05) is 13.7 Å². The second-order valence-corrected chi connectivity index (χ2v) is 4.57. The van der Waals surface area contributed by atoms with E-state index in [1.54, 1.807) is 0 Å². The van der Waals surface area contributed by atoms with Crippen molar-refractivity contribution >= 4 is 5.91 Å². The predicted molar refractivity (Wildman–Crippen MR) is 70.0 cm³/mol. The van der Waals surface area contributed by atoms with Gasteiger partial charge < -0.3 is 15.2 Å². The topological polar surface area (TPSA) is 58.6 Å². The van der Waals surface area contributed by atoms with E-state index in [9.17, 15) is 9.90 Å². The molecule has 18 heavy (non-hydrogen) atoms. The zero-order chi connectivity index (χ0) is 13.5. The standard InChI is InChI=1S/C14H21NO3/c1-10(2)12(9-16)15-14(17)13(18-3)11-7-5-4-6-8-11/h4-8,10,12-13,16H,9H2,1-3H3,(H,15,17)/t12-,13?/m1/s1. The van der Waals surface area contributed by atoms with Crippen LogP contribution in [0.1, 0.15) is 25.5 Å². The number of nitrogens with one attached hydrogen (secondary N) is 1. The minimum absolute atomic E-state index is 0.0748. The maximum atomic E-state index is 12.1. The molecular weight excluding hydrogens is 230 g/mol. The fourth-order valence-corrected chi connectivity index (χ4v) is 1.70. The Labute approximate surface area is 108 Å². The highest BCUT2D eigenvalue weighted by Crippen LogP contribution is 2.17. The Hall–Kier alpha value is -1.39. The fraction of sp³-hybridized carbons (Fsp3) is 0.500. The maximum absolute atomic E-state index is 12.1. The van der Waals surface area contributed by atoms with Crippen molar-refractivity contribution in [3.05, 3.63) is 35.9 Å². The van der Waals surface area contributed by atoms with E-state index in [4.69, 9.17) is 4.74 Å². The number of rotatable bonds is 6. The van der Waals surface area contributed by atoms with Crippen LogP contribution in [0.3, 0.4) is 0 Å². The van der Waals surface area contributed by atoms with Gasteiger partial charge in [0.2, 0.25) is 0 Å². The van der Waals surface area contributed by atoms with Crippen LogP contribution < -0.4 is 5.32 Å². The number of methoxy groups -OCH3 is 1. The van der Waals surface area contributed by atoms with Crippen molar-refractivity contribution in [1.82, 2.24) is 5.32 Å². The molecule has 0 aliphatic rings. The van der Waals surface area contributed by atoms with Gasteiger partial charge in [0.1, 0.15) is 0 Å². The number of hydrogen-bond donors (Lipinski definition) is 2. The Morgan fingerprint density at radius 1 is 1.33 bits per heavy atom. The number of amides is 1. The Kier molecular flexibility index (Phi) is 5.82. The molecular formula is C14H21NO3. The molecule has 0 aromatic heterocycles. The van der Waals surface area contributed by atoms with Crippen LogP contribution in [0.25, 0.3) is 0 Å². The van der Waals surface area contributed by atoms with Crippen LogP contribution in [0.15, 0.2) is 30.3 Å². The van der Waals surface area contributed by atoms with Gasteiger partial charge in [-0.25, -0.2) is 0 Å². The molecule has 0 aliphatic heterocycles. The Balaban J connectivity index is 2.74. The molecule has 0 fully saturated rings. The molecule has 1 rings (SSSR count). The molecule has 0 saturated heterocycles. The van der Waals surface area contributed by atoms with Gasteiger partial charge >= 0.3 is 0 Å². The predicted octanol–water partition coefficient (Wildman–Crippen LogP) is 1.51. The molecule has 4 nitrogen and oxygen atoms in total. The van der Waals surface area contributed by atoms with Crippen LogP contribution >= 0.6 is 0 Å². The van der Waals surface area contributed by atoms with Crippen LogP contribution in [0.2, 0.25) is 0 Å². The average Bonchev–Trinajstić information content (AvgIpc) is 2.37. The van der Waals surface area contributed by atoms with Crippen LogP contribution in [-0.4, -0.2) is 30.8 Å². The summed E-state index contributed by atoms with van der Waals surface area (Å²) in [6.07, 6.45) is -0.640. The molecule has 2 N–H and O–H groups in total. The number of ether oxygens (including phenoxy) is 1. The first kappa shape index (κ1) is 14.7. The Morgan fingerprint density at radius 2 is 1.94 bits per heavy atom. The molecule has 1 amide bonds. The lowest BCUT2D eigenvalue weighted by Crippen LogP contribution is -2.43. The van der Waals surface area contributed by atoms with Crippen LogP contribution in [0, 0.1) is 5.92 Å². The van der Waals surface area contributed by atoms with E-state index in [-0.39, 0.29) is 24.5 Å². The summed E-state index contributed by atoms with van der Waals surface area (Å²) in [4.78, 5) is 12.1. The van der Waals surface area contributed by atoms with E-state index >= 15 is 0 Å². The molecule has 0 bridgehead atoms. The lowest BCUT2D eigenvalue weighted by molar-refractivity contribution is -0.132. The molecule has 1 unspecified atom stereocenters. The molecule has 1 aromatic rings. The van der Waals surface area contributed by atoms with Gasteiger partial charge in [0.15, 0.2) is 6.10 Å². The molecule has 4 heteroatoms. The normalized spacial score (nSPS) is 14.3. The van der Waals surface area contributed by atoms with Crippen molar-refractivity contribution in [2.45, 2.75) is 26.0 Å². The summed E-state index contributed by atoms with van der Waals surface area (Å²) in [6, 6.07) is 9.05. The van der Waals surface area contributed by atoms with E-state index in [2.05, 4.69) is 5.32 Å². The summed E-state index contributed by atoms with van der Waals surface area (Å²) in [6.45, 7) is 3.83. The van der Waals surface area contributed by atoms with Gasteiger partial charge in [-0.3, -0.25) is 4.79 Å². The number of carbonyl (C=O) groups is 1. The SMILES string of the molecule is COC(C(=O)N[C@H](CO)C(C)C)c1ccccc1. The summed E-state index contributed by atoms with van der Waals surface area (Å²) >= 11 is 0. The largest absolute Gasteiger partial charge is 0.394 e. The monoisotopic (exact) mass is 251 g/mol. The summed E-state index contributed by atoms with van der Waals surface area (Å²) in [5.41, 5.74) is 0.804. The van der Waals surface area contributed by atoms with Gasteiger partial charge in [0.05, 0.1) is 12.6 Å². The summed E-state index contributed by atoms with van der Waals surface area (Å²) in [5.74, 6) is -0.0521. The van der Waals surface area contributed by atoms with Crippen molar-refractivity contribution in [1.29, 1.82) is 0 Å². The zero-order valence-electron chi connectivity index (χ0n) is 11.1. The average molecular weight is 251 g/mol. The smallest absolute Gasteiger partial charge is 0.254 e. The first-order chi connectivity index (χ1) is 8.60. The highest BCUT2D eigenvalue weighted by Gasteiger charge is 2.23. The first-order valence-corrected chi connectivity index (χ1v) is 6.09. The third-order valence-electron chi connectivity index (χ3n) is 2.91. The number of hydrogen-bond acceptors (Lipinski definition) is 3. The van der Waals surface area contributed by atoms with E-state index < -0.39 is 6.10 Å². The fourth-order valence-electron chi connectivity index (χ4n) is 1.70. The van der Waals surface area contributed by atoms with Gasteiger partial charge in [-0.05, 0) is 11.5 Å². The Bertz CT molecular complexity index is 365. The lowest BCUT2D eigenvalue weighted by Gasteiger charge is -2.23. The molecule has 0 radical (unpaired) electrons. The van der Waals surface area contributed by atoms with Crippen LogP contribution in [0.5, 0.6) is 0 Å². The summed E-state index contributed by atoms with van der Waals surface area (Å²) in [5, 5.41) is 12.0. The number of aliphatic hydroxyl groups is 1. The maximum Gasteiger partial charge on any atom is 0.254 e. The minimum Gasteiger partial charge on any atom is -0.394 e. The van der Waals surface area contributed by atoms with Crippen molar-refractivity contribution in [3.8, 4) is 0 Å². The first-order valence-electron chi connectivity index (χ1n) is 6.09. The van der Waals surface area contributed by atoms with Gasteiger partial charge in [0, 0.05) is 7.11 Å². The van der Waals surface area contributed by atoms with E-state index in [0.717, 1.165) is 5.56 Å². The molecule has 1 aromatic carbocycles. The van der Waals surface area contributed by atoms with Gasteiger partial charge in [-0.2, -0.15) is 0 Å². The van der Waals surface area contributed by atoms with Gasteiger partial charge in [-0.1, -0.05) is 44.2 Å². The van der Waals surface area contributed by atoms with Gasteiger partial charge in [0.25, 0.3) is 5.91 Å². The Morgan fingerprint density at radius 3 is 2.39 bits per heavy atom. The molecule has 0 saturated carbocycles. The van der Waals surface area contributed by atoms with Crippen LogP contribution in [-0.2, 0) is 9.53 Å². The van der Waals surface area contributed by atoms with E-state index in [0.29, 0.717) is 0 Å². The van der Waals surface area contributed by atoms with Crippen molar-refractivity contribution < 1.29 is 14.6 Å². The van der Waals surface area contributed by atoms with E-state index in [1.165, 1.54) is 7.11 Å². The molecule has 0 heterocycles. The molecule has 0 spiro atoms. The summed E-state index contributed by atoms with van der Waals surface area (Å²) < 4.78 is 5.23. The molecule has 2 atom stereocenters. The zero-order valence-corrected chi connectivity index (χ0v) is 11.1. The third-order valence-corrected chi connectivity index (χ3v) is 2.91. The highest BCUT2D eigenvalue weighted by molar-refractivity contribution is 5.82. The van der Waals surface area contributed by atoms with Crippen molar-refractivity contribution in [3.63, 3.8) is 0 Å².